The van der Waals surface area contributed by atoms with Gasteiger partial charge in [0.2, 0.25) is 0 Å². The van der Waals surface area contributed by atoms with Gasteiger partial charge in [-0.25, -0.2) is 9.59 Å². The molecular formula is C18H34ClN4O2S4+. The van der Waals surface area contributed by atoms with Crippen LogP contribution in [-0.4, -0.2) is 67.4 Å². The third kappa shape index (κ3) is 12.0. The van der Waals surface area contributed by atoms with E-state index in [4.69, 9.17) is 11.5 Å². The molecule has 2 amide bonds. The van der Waals surface area contributed by atoms with Crippen molar-refractivity contribution in [1.82, 2.24) is 0 Å². The van der Waals surface area contributed by atoms with Crippen LogP contribution in [0.2, 0.25) is 0 Å². The number of hydrogen-bond donors (Lipinski definition) is 4. The van der Waals surface area contributed by atoms with E-state index in [1.54, 1.807) is 9.15 Å². The first-order chi connectivity index (χ1) is 13.5. The fourth-order valence-corrected chi connectivity index (χ4v) is 5.08. The number of nitrogens with zero attached hydrogens (tertiary/aromatic N) is 2. The summed E-state index contributed by atoms with van der Waals surface area (Å²) in [5, 5.41) is 0. The topological polar surface area (TPSA) is 92.2 Å². The molecule has 0 aliphatic carbocycles. The van der Waals surface area contributed by atoms with Gasteiger partial charge >= 0.3 is 11.8 Å². The van der Waals surface area contributed by atoms with E-state index in [0.29, 0.717) is 11.5 Å². The van der Waals surface area contributed by atoms with Gasteiger partial charge in [0.15, 0.2) is 13.1 Å². The van der Waals surface area contributed by atoms with E-state index in [1.165, 1.54) is 36.4 Å². The van der Waals surface area contributed by atoms with Crippen molar-refractivity contribution in [1.29, 1.82) is 0 Å². The van der Waals surface area contributed by atoms with Crippen LogP contribution in [0.1, 0.15) is 51.4 Å². The molecule has 0 saturated carbocycles. The lowest BCUT2D eigenvalue weighted by atomic mass is 10.2. The summed E-state index contributed by atoms with van der Waals surface area (Å²) in [5.41, 5.74) is 10.6. The second kappa shape index (κ2) is 17.9. The van der Waals surface area contributed by atoms with Gasteiger partial charge in [-0.2, -0.15) is 0 Å². The van der Waals surface area contributed by atoms with E-state index >= 15 is 0 Å². The molecule has 11 heteroatoms. The Morgan fingerprint density at radius 3 is 1.31 bits per heavy atom. The normalized spacial score (nSPS) is 16.3. The van der Waals surface area contributed by atoms with Crippen molar-refractivity contribution in [2.45, 2.75) is 51.4 Å². The van der Waals surface area contributed by atoms with E-state index in [2.05, 4.69) is 25.3 Å². The summed E-state index contributed by atoms with van der Waals surface area (Å²) in [5.74, 6) is 1.37. The van der Waals surface area contributed by atoms with Crippen LogP contribution in [0.4, 0.5) is 0 Å². The summed E-state index contributed by atoms with van der Waals surface area (Å²) < 4.78 is 5.16. The predicted octanol–water partition coefficient (Wildman–Crippen LogP) is -0.842. The molecule has 0 aromatic carbocycles. The zero-order valence-corrected chi connectivity index (χ0v) is 21.0. The number of thiol groups is 2. The molecule has 0 radical (unpaired) electrons. The van der Waals surface area contributed by atoms with Crippen LogP contribution in [0.3, 0.4) is 0 Å². The standard InChI is InChI=1S/C12H16N2O2S4.C6H16N2.ClH/c15-9-7-19-11(17)13(9)5-3-1-2-4-6-14-10(16)8-20-12(14)18;7-5-3-1-2-4-6-8;/h1-8H2;1-8H2;1H/p+1. The number of amides is 2. The van der Waals surface area contributed by atoms with Gasteiger partial charge in [0.1, 0.15) is 11.5 Å². The summed E-state index contributed by atoms with van der Waals surface area (Å²) in [6.45, 7) is 3.16. The molecule has 4 N–H and O–H groups in total. The van der Waals surface area contributed by atoms with Crippen LogP contribution in [-0.2, 0) is 9.59 Å². The fourth-order valence-electron chi connectivity index (χ4n) is 2.75. The van der Waals surface area contributed by atoms with Crippen LogP contribution >= 0.6 is 48.8 Å². The van der Waals surface area contributed by atoms with E-state index in [0.717, 1.165) is 73.5 Å². The molecule has 0 unspecified atom stereocenters. The molecule has 0 saturated heterocycles. The molecule has 168 valence electrons. The van der Waals surface area contributed by atoms with Crippen molar-refractivity contribution in [2.75, 3.05) is 37.7 Å². The first-order valence-electron chi connectivity index (χ1n) is 9.89. The average Bonchev–Trinajstić information content (AvgIpc) is 3.17. The lowest BCUT2D eigenvalue weighted by Gasteiger charge is -1.99. The third-order valence-electron chi connectivity index (χ3n) is 4.39. The highest BCUT2D eigenvalue weighted by Gasteiger charge is 2.30. The number of thioether (sulfide) groups is 2. The van der Waals surface area contributed by atoms with Crippen molar-refractivity contribution in [3.63, 3.8) is 0 Å². The van der Waals surface area contributed by atoms with E-state index in [9.17, 15) is 9.59 Å². The van der Waals surface area contributed by atoms with Gasteiger partial charge in [-0.05, 0) is 62.3 Å². The lowest BCUT2D eigenvalue weighted by molar-refractivity contribution is -0.442. The van der Waals surface area contributed by atoms with Crippen LogP contribution in [0.25, 0.3) is 0 Å². The largest absolute Gasteiger partial charge is 1.00 e. The van der Waals surface area contributed by atoms with Crippen LogP contribution in [0.5, 0.6) is 0 Å². The molecule has 0 bridgehead atoms. The lowest BCUT2D eigenvalue weighted by Crippen LogP contribution is -3.00. The summed E-state index contributed by atoms with van der Waals surface area (Å²) in [6.07, 6.45) is 8.88. The molecule has 6 nitrogen and oxygen atoms in total. The Morgan fingerprint density at radius 2 is 1.03 bits per heavy atom. The van der Waals surface area contributed by atoms with E-state index in [1.807, 2.05) is 0 Å². The molecule has 0 atom stereocenters. The highest BCUT2D eigenvalue weighted by molar-refractivity contribution is 8.33. The molecule has 2 rings (SSSR count). The summed E-state index contributed by atoms with van der Waals surface area (Å²) in [4.78, 5) is 23.1. The van der Waals surface area contributed by atoms with Gasteiger partial charge in [0.05, 0.1) is 0 Å². The molecule has 2 heterocycles. The monoisotopic (exact) mass is 501 g/mol. The second-order valence-electron chi connectivity index (χ2n) is 6.64. The van der Waals surface area contributed by atoms with Gasteiger partial charge in [-0.15, -0.1) is 9.15 Å². The Morgan fingerprint density at radius 1 is 0.690 bits per heavy atom. The number of halogens is 1. The first kappa shape index (κ1) is 29.3. The SMILES string of the molecule is NCCCCCCN.O=C1CSC(S)=[N+]1CCCCCC[N+]1=C(S)SCC1=O.[Cl-]. The van der Waals surface area contributed by atoms with E-state index in [-0.39, 0.29) is 24.2 Å². The number of nitrogens with two attached hydrogens (primary N) is 2. The predicted molar refractivity (Wildman–Crippen MR) is 128 cm³/mol. The maximum Gasteiger partial charge on any atom is 0.398 e. The van der Waals surface area contributed by atoms with Crippen LogP contribution in [0, 0.1) is 0 Å². The minimum Gasteiger partial charge on any atom is -1.00 e. The summed E-state index contributed by atoms with van der Waals surface area (Å²) in [6, 6.07) is 0. The minimum atomic E-state index is 0. The first-order valence-corrected chi connectivity index (χ1v) is 12.8. The smallest absolute Gasteiger partial charge is 0.398 e. The van der Waals surface area contributed by atoms with Gasteiger partial charge < -0.3 is 23.9 Å². The minimum absolute atomic E-state index is 0. The molecule has 0 fully saturated rings. The second-order valence-corrected chi connectivity index (χ2v) is 10.0. The summed E-state index contributed by atoms with van der Waals surface area (Å²) >= 11 is 11.6. The van der Waals surface area contributed by atoms with Crippen LogP contribution in [0.15, 0.2) is 0 Å². The van der Waals surface area contributed by atoms with Crippen LogP contribution < -0.4 is 23.9 Å². The Bertz CT molecular complexity index is 538. The molecule has 2 aliphatic rings. The highest BCUT2D eigenvalue weighted by Crippen LogP contribution is 2.17. The zero-order chi connectivity index (χ0) is 20.8. The van der Waals surface area contributed by atoms with Crippen molar-refractivity contribution >= 4 is 69.3 Å². The van der Waals surface area contributed by atoms with Crippen molar-refractivity contribution in [3.05, 3.63) is 0 Å². The van der Waals surface area contributed by atoms with Crippen molar-refractivity contribution < 1.29 is 31.1 Å². The van der Waals surface area contributed by atoms with Crippen molar-refractivity contribution in [3.8, 4) is 0 Å². The zero-order valence-electron chi connectivity index (χ0n) is 16.9. The maximum absolute atomic E-state index is 11.5. The Balaban J connectivity index is 0.000000747. The average molecular weight is 502 g/mol. The molecule has 29 heavy (non-hydrogen) atoms. The Hall–Kier alpha value is 0.290. The van der Waals surface area contributed by atoms with Gasteiger partial charge in [0, 0.05) is 12.8 Å². The van der Waals surface area contributed by atoms with Gasteiger partial charge in [-0.3, -0.25) is 0 Å². The fraction of sp³-hybridized carbons (Fsp3) is 0.778. The Labute approximate surface area is 200 Å². The van der Waals surface area contributed by atoms with Crippen molar-refractivity contribution in [2.24, 2.45) is 11.5 Å². The van der Waals surface area contributed by atoms with Gasteiger partial charge in [0.25, 0.3) is 8.75 Å². The number of carbonyl (C=O) groups is 2. The number of rotatable bonds is 12. The molecular weight excluding hydrogens is 468 g/mol. The van der Waals surface area contributed by atoms with Gasteiger partial charge in [-0.1, -0.05) is 38.1 Å². The molecule has 2 aliphatic heterocycles. The quantitative estimate of drug-likeness (QED) is 0.158. The maximum atomic E-state index is 11.5. The van der Waals surface area contributed by atoms with E-state index < -0.39 is 0 Å². The summed E-state index contributed by atoms with van der Waals surface area (Å²) in [7, 11) is 0. The molecule has 0 aromatic heterocycles. The third-order valence-corrected chi connectivity index (χ3v) is 7.38. The number of carbonyl (C=O) groups excluding carboxylic acids is 2. The highest BCUT2D eigenvalue weighted by atomic mass is 35.5. The Kier molecular flexibility index (Phi) is 18.1. The number of unbranched alkanes of at least 4 members (excludes halogenated alkanes) is 6. The molecule has 0 aromatic rings. The number of hydrogen-bond acceptors (Lipinski definition) is 6. The molecule has 0 spiro atoms.